The van der Waals surface area contributed by atoms with Crippen LogP contribution in [0.5, 0.6) is 0 Å². The quantitative estimate of drug-likeness (QED) is 0.556. The van der Waals surface area contributed by atoms with Crippen molar-refractivity contribution in [3.05, 3.63) is 0 Å². The van der Waals surface area contributed by atoms with Gasteiger partial charge in [0, 0.05) is 67.2 Å². The van der Waals surface area contributed by atoms with Crippen LogP contribution in [0.1, 0.15) is 0 Å². The maximum Gasteiger partial charge on any atom is 0 e. The van der Waals surface area contributed by atoms with E-state index in [4.69, 9.17) is 0 Å². The van der Waals surface area contributed by atoms with E-state index >= 15 is 0 Å². The van der Waals surface area contributed by atoms with E-state index in [1.807, 2.05) is 0 Å². The Bertz CT molecular complexity index is 8.00. The van der Waals surface area contributed by atoms with Crippen molar-refractivity contribution in [2.45, 2.75) is 0 Å². The van der Waals surface area contributed by atoms with Gasteiger partial charge in [-0.15, -0.1) is 0 Å². The van der Waals surface area contributed by atoms with Crippen molar-refractivity contribution in [3.8, 4) is 0 Å². The summed E-state index contributed by atoms with van der Waals surface area (Å²) in [5, 5.41) is 0. The molecular formula is H2CdPdSZn. The van der Waals surface area contributed by atoms with Gasteiger partial charge in [-0.1, -0.05) is 0 Å². The van der Waals surface area contributed by atoms with Gasteiger partial charge in [-0.3, -0.25) is 0 Å². The fraction of sp³-hybridized carbons (Fsp3) is 0. The summed E-state index contributed by atoms with van der Waals surface area (Å²) in [7, 11) is 0. The van der Waals surface area contributed by atoms with Crippen molar-refractivity contribution in [2.24, 2.45) is 0 Å². The van der Waals surface area contributed by atoms with E-state index < -0.39 is 0 Å². The Labute approximate surface area is 79.5 Å². The van der Waals surface area contributed by atoms with Crippen molar-refractivity contribution >= 4 is 13.5 Å². The molecule has 0 radical (unpaired) electrons. The van der Waals surface area contributed by atoms with Crippen LogP contribution in [-0.2, 0) is 67.2 Å². The van der Waals surface area contributed by atoms with Crippen molar-refractivity contribution in [1.29, 1.82) is 0 Å². The van der Waals surface area contributed by atoms with Crippen LogP contribution in [0.4, 0.5) is 0 Å². The topological polar surface area (TPSA) is 0 Å². The molecule has 0 spiro atoms. The minimum atomic E-state index is 0. The molecule has 0 rings (SSSR count). The van der Waals surface area contributed by atoms with Crippen LogP contribution >= 0.6 is 13.5 Å². The van der Waals surface area contributed by atoms with Crippen molar-refractivity contribution in [1.82, 2.24) is 0 Å². The smallest absolute Gasteiger partial charge is 0 e. The summed E-state index contributed by atoms with van der Waals surface area (Å²) in [6.45, 7) is 0. The van der Waals surface area contributed by atoms with E-state index in [0.29, 0.717) is 0 Å². The summed E-state index contributed by atoms with van der Waals surface area (Å²) < 4.78 is 0. The molecule has 0 nitrogen and oxygen atoms in total. The molecule has 0 atom stereocenters. The summed E-state index contributed by atoms with van der Waals surface area (Å²) in [6, 6.07) is 0. The Morgan fingerprint density at radius 1 is 1.00 bits per heavy atom. The van der Waals surface area contributed by atoms with Gasteiger partial charge in [0.05, 0.1) is 0 Å². The molecule has 0 aromatic heterocycles. The molecule has 0 aliphatic carbocycles. The van der Waals surface area contributed by atoms with Crippen LogP contribution in [0.3, 0.4) is 0 Å². The molecule has 0 heterocycles. The fourth-order valence-corrected chi connectivity index (χ4v) is 0. The average Bonchev–Trinajstić information content (AvgIpc) is 0. The third-order valence-electron chi connectivity index (χ3n) is 0. The average molecular weight is 318 g/mol. The molecule has 0 aliphatic rings. The Morgan fingerprint density at radius 3 is 1.00 bits per heavy atom. The molecule has 0 unspecified atom stereocenters. The van der Waals surface area contributed by atoms with E-state index in [2.05, 4.69) is 0 Å². The van der Waals surface area contributed by atoms with Gasteiger partial charge in [-0.2, -0.15) is 13.5 Å². The molecule has 0 bridgehead atoms. The Hall–Kier alpha value is 2.56. The maximum absolute atomic E-state index is 0. The number of hydrogen-bond acceptors (Lipinski definition) is 0. The first-order valence-corrected chi connectivity index (χ1v) is 0. The molecule has 4 heteroatoms. The SMILES string of the molecule is S.[Cd].[Pd].[Zn]. The summed E-state index contributed by atoms with van der Waals surface area (Å²) in [5.74, 6) is 0. The molecule has 0 aliphatic heterocycles. The molecule has 22 valence electrons. The Balaban J connectivity index is 0. The number of hydrogen-bond donors (Lipinski definition) is 0. The second kappa shape index (κ2) is 17.6. The first-order valence-electron chi connectivity index (χ1n) is 0. The van der Waals surface area contributed by atoms with Gasteiger partial charge in [-0.25, -0.2) is 0 Å². The van der Waals surface area contributed by atoms with Crippen LogP contribution in [0.15, 0.2) is 0 Å². The van der Waals surface area contributed by atoms with Gasteiger partial charge < -0.3 is 0 Å². The minimum Gasteiger partial charge on any atom is -0.197 e. The molecule has 0 amide bonds. The van der Waals surface area contributed by atoms with Crippen LogP contribution < -0.4 is 0 Å². The standard InChI is InChI=1S/Cd.Pd.H2S.Zn/h;;1H2;. The van der Waals surface area contributed by atoms with Gasteiger partial charge in [0.25, 0.3) is 0 Å². The first-order chi connectivity index (χ1) is 0. The largest absolute Gasteiger partial charge is 0.197 e. The normalized spacial score (nSPS) is 0. The van der Waals surface area contributed by atoms with Crippen molar-refractivity contribution < 1.29 is 67.2 Å². The van der Waals surface area contributed by atoms with E-state index in [1.165, 1.54) is 0 Å². The van der Waals surface area contributed by atoms with Gasteiger partial charge in [-0.05, 0) is 0 Å². The van der Waals surface area contributed by atoms with Crippen LogP contribution in [0.25, 0.3) is 0 Å². The molecule has 0 aromatic carbocycles. The molecule has 0 fully saturated rings. The fourth-order valence-electron chi connectivity index (χ4n) is 0. The summed E-state index contributed by atoms with van der Waals surface area (Å²) in [4.78, 5) is 0. The zero-order valence-corrected chi connectivity index (χ0v) is 11.8. The number of rotatable bonds is 0. The molecule has 0 saturated carbocycles. The van der Waals surface area contributed by atoms with Crippen molar-refractivity contribution in [3.63, 3.8) is 0 Å². The monoisotopic (exact) mass is 318 g/mol. The molecule has 0 N–H and O–H groups in total. The van der Waals surface area contributed by atoms with E-state index in [1.54, 1.807) is 0 Å². The zero-order chi connectivity index (χ0) is 0. The van der Waals surface area contributed by atoms with Gasteiger partial charge in [0.15, 0.2) is 0 Å². The minimum absolute atomic E-state index is 0. The van der Waals surface area contributed by atoms with E-state index in [0.717, 1.165) is 0 Å². The Morgan fingerprint density at radius 2 is 1.00 bits per heavy atom. The predicted octanol–water partition coefficient (Wildman–Crippen LogP) is 0.105. The second-order valence-electron chi connectivity index (χ2n) is 0. The van der Waals surface area contributed by atoms with Gasteiger partial charge >= 0.3 is 0 Å². The van der Waals surface area contributed by atoms with Crippen molar-refractivity contribution in [2.75, 3.05) is 0 Å². The Kier molecular flexibility index (Phi) is 137. The second-order valence-corrected chi connectivity index (χ2v) is 0. The first kappa shape index (κ1) is 31.0. The molecule has 0 aromatic rings. The maximum atomic E-state index is 0. The summed E-state index contributed by atoms with van der Waals surface area (Å²) in [6.07, 6.45) is 0. The van der Waals surface area contributed by atoms with Crippen LogP contribution in [-0.4, -0.2) is 0 Å². The van der Waals surface area contributed by atoms with E-state index in [9.17, 15) is 0 Å². The van der Waals surface area contributed by atoms with Gasteiger partial charge in [0.1, 0.15) is 0 Å². The summed E-state index contributed by atoms with van der Waals surface area (Å²) >= 11 is 0. The molecule has 0 saturated heterocycles. The van der Waals surface area contributed by atoms with Gasteiger partial charge in [0.2, 0.25) is 0 Å². The molecular weight excluding hydrogens is 316 g/mol. The third-order valence-corrected chi connectivity index (χ3v) is 0. The van der Waals surface area contributed by atoms with Crippen LogP contribution in [0.2, 0.25) is 0 Å². The van der Waals surface area contributed by atoms with Crippen LogP contribution in [0, 0.1) is 0 Å². The molecule has 4 heavy (non-hydrogen) atoms. The van der Waals surface area contributed by atoms with E-state index in [-0.39, 0.29) is 80.7 Å². The predicted molar refractivity (Wildman–Crippen MR) is 10.4 cm³/mol. The zero-order valence-electron chi connectivity index (χ0n) is 2.23. The third kappa shape index (κ3) is 8.82. The summed E-state index contributed by atoms with van der Waals surface area (Å²) in [5.41, 5.74) is 0.